The molecule has 1 aliphatic heterocycles. The maximum Gasteiger partial charge on any atom is 0.233 e. The number of hydrogen-bond acceptors (Lipinski definition) is 8. The number of pyridine rings is 1. The lowest BCUT2D eigenvalue weighted by Crippen LogP contribution is -2.36. The zero-order valence-electron chi connectivity index (χ0n) is 14.5. The van der Waals surface area contributed by atoms with Gasteiger partial charge in [-0.05, 0) is 36.6 Å². The molecule has 3 heterocycles. The van der Waals surface area contributed by atoms with Gasteiger partial charge >= 0.3 is 0 Å². The molecule has 0 spiro atoms. The van der Waals surface area contributed by atoms with Crippen LogP contribution >= 0.6 is 11.6 Å². The summed E-state index contributed by atoms with van der Waals surface area (Å²) in [6, 6.07) is 4.35. The Hall–Kier alpha value is -2.19. The number of ether oxygens (including phenoxy) is 1. The molecule has 1 saturated heterocycles. The van der Waals surface area contributed by atoms with Gasteiger partial charge in [-0.15, -0.1) is 0 Å². The van der Waals surface area contributed by atoms with Crippen molar-refractivity contribution in [2.24, 2.45) is 0 Å². The van der Waals surface area contributed by atoms with Crippen molar-refractivity contribution in [3.63, 3.8) is 0 Å². The Bertz CT molecular complexity index is 730. The summed E-state index contributed by atoms with van der Waals surface area (Å²) in [4.78, 5) is 19.5. The van der Waals surface area contributed by atoms with E-state index in [-0.39, 0.29) is 5.28 Å². The minimum atomic E-state index is 0.167. The summed E-state index contributed by atoms with van der Waals surface area (Å²) in [5.41, 5.74) is 0.802. The Morgan fingerprint density at radius 1 is 1.04 bits per heavy atom. The molecule has 1 aliphatic carbocycles. The van der Waals surface area contributed by atoms with Crippen molar-refractivity contribution in [1.29, 1.82) is 0 Å². The van der Waals surface area contributed by atoms with E-state index in [1.54, 1.807) is 6.20 Å². The predicted molar refractivity (Wildman–Crippen MR) is 101 cm³/mol. The van der Waals surface area contributed by atoms with Gasteiger partial charge in [0.25, 0.3) is 0 Å². The van der Waals surface area contributed by atoms with Gasteiger partial charge in [0.2, 0.25) is 17.2 Å². The maximum absolute atomic E-state index is 6.05. The third-order valence-electron chi connectivity index (χ3n) is 4.64. The van der Waals surface area contributed by atoms with Crippen molar-refractivity contribution in [2.45, 2.75) is 31.7 Å². The minimum absolute atomic E-state index is 0.167. The average Bonchev–Trinajstić information content (AvgIpc) is 3.15. The largest absolute Gasteiger partial charge is 0.378 e. The first-order valence-corrected chi connectivity index (χ1v) is 9.38. The normalized spacial score (nSPS) is 18.1. The summed E-state index contributed by atoms with van der Waals surface area (Å²) in [5, 5.41) is 6.65. The third-order valence-corrected chi connectivity index (χ3v) is 4.80. The second-order valence-electron chi connectivity index (χ2n) is 6.51. The van der Waals surface area contributed by atoms with E-state index in [0.29, 0.717) is 17.9 Å². The molecule has 138 valence electrons. The summed E-state index contributed by atoms with van der Waals surface area (Å²) in [7, 11) is 0. The lowest BCUT2D eigenvalue weighted by molar-refractivity contribution is 0.122. The van der Waals surface area contributed by atoms with Gasteiger partial charge in [-0.2, -0.15) is 15.0 Å². The highest BCUT2D eigenvalue weighted by Gasteiger charge is 2.17. The fourth-order valence-corrected chi connectivity index (χ4v) is 3.45. The van der Waals surface area contributed by atoms with Crippen LogP contribution in [0.15, 0.2) is 18.3 Å². The molecule has 2 N–H and O–H groups in total. The molecular formula is C17H22ClN7O. The third kappa shape index (κ3) is 4.31. The van der Waals surface area contributed by atoms with E-state index in [0.717, 1.165) is 50.7 Å². The van der Waals surface area contributed by atoms with E-state index in [4.69, 9.17) is 16.3 Å². The van der Waals surface area contributed by atoms with Gasteiger partial charge in [0.1, 0.15) is 5.82 Å². The maximum atomic E-state index is 6.05. The average molecular weight is 376 g/mol. The lowest BCUT2D eigenvalue weighted by Gasteiger charge is -2.27. The molecule has 26 heavy (non-hydrogen) atoms. The van der Waals surface area contributed by atoms with Crippen molar-refractivity contribution in [1.82, 2.24) is 19.9 Å². The van der Waals surface area contributed by atoms with Crippen LogP contribution in [-0.4, -0.2) is 52.3 Å². The highest BCUT2D eigenvalue weighted by Crippen LogP contribution is 2.23. The summed E-state index contributed by atoms with van der Waals surface area (Å²) in [5.74, 6) is 1.86. The minimum Gasteiger partial charge on any atom is -0.378 e. The molecule has 0 unspecified atom stereocenters. The Balaban J connectivity index is 1.43. The number of hydrogen-bond donors (Lipinski definition) is 2. The van der Waals surface area contributed by atoms with Crippen molar-refractivity contribution in [3.8, 4) is 0 Å². The van der Waals surface area contributed by atoms with Crippen molar-refractivity contribution < 1.29 is 4.74 Å². The predicted octanol–water partition coefficient (Wildman–Crippen LogP) is 2.85. The molecule has 0 amide bonds. The molecule has 2 aliphatic rings. The molecule has 0 aromatic carbocycles. The Morgan fingerprint density at radius 2 is 1.81 bits per heavy atom. The summed E-state index contributed by atoms with van der Waals surface area (Å²) in [6.07, 6.45) is 6.52. The number of rotatable bonds is 5. The topological polar surface area (TPSA) is 88.1 Å². The first-order valence-electron chi connectivity index (χ1n) is 9.00. The highest BCUT2D eigenvalue weighted by molar-refractivity contribution is 6.28. The second-order valence-corrected chi connectivity index (χ2v) is 6.84. The van der Waals surface area contributed by atoms with Crippen LogP contribution in [0.1, 0.15) is 25.7 Å². The molecule has 2 aromatic heterocycles. The molecule has 2 fully saturated rings. The summed E-state index contributed by atoms with van der Waals surface area (Å²) < 4.78 is 5.37. The van der Waals surface area contributed by atoms with Crippen LogP contribution in [0, 0.1) is 0 Å². The van der Waals surface area contributed by atoms with Crippen LogP contribution in [0.2, 0.25) is 5.28 Å². The Labute approximate surface area is 157 Å². The van der Waals surface area contributed by atoms with E-state index < -0.39 is 0 Å². The zero-order chi connectivity index (χ0) is 17.8. The van der Waals surface area contributed by atoms with E-state index in [2.05, 4.69) is 35.5 Å². The summed E-state index contributed by atoms with van der Waals surface area (Å²) >= 11 is 6.05. The van der Waals surface area contributed by atoms with Gasteiger partial charge in [0.15, 0.2) is 0 Å². The van der Waals surface area contributed by atoms with Gasteiger partial charge in [-0.1, -0.05) is 12.8 Å². The fourth-order valence-electron chi connectivity index (χ4n) is 3.29. The molecule has 8 nitrogen and oxygen atoms in total. The fraction of sp³-hybridized carbons (Fsp3) is 0.529. The zero-order valence-corrected chi connectivity index (χ0v) is 15.2. The van der Waals surface area contributed by atoms with Crippen LogP contribution in [0.25, 0.3) is 0 Å². The van der Waals surface area contributed by atoms with Gasteiger partial charge in [-0.25, -0.2) is 4.98 Å². The summed E-state index contributed by atoms with van der Waals surface area (Å²) in [6.45, 7) is 3.20. The lowest BCUT2D eigenvalue weighted by atomic mass is 10.3. The van der Waals surface area contributed by atoms with E-state index >= 15 is 0 Å². The number of anilines is 4. The molecular weight excluding hydrogens is 354 g/mol. The second kappa shape index (κ2) is 8.01. The van der Waals surface area contributed by atoms with Crippen LogP contribution in [0.3, 0.4) is 0 Å². The monoisotopic (exact) mass is 375 g/mol. The molecule has 0 bridgehead atoms. The van der Waals surface area contributed by atoms with Crippen molar-refractivity contribution in [2.75, 3.05) is 41.8 Å². The quantitative estimate of drug-likeness (QED) is 0.824. The smallest absolute Gasteiger partial charge is 0.233 e. The number of nitrogens with one attached hydrogen (secondary N) is 2. The van der Waals surface area contributed by atoms with Crippen LogP contribution < -0.4 is 15.5 Å². The van der Waals surface area contributed by atoms with Crippen LogP contribution in [-0.2, 0) is 4.74 Å². The van der Waals surface area contributed by atoms with Crippen LogP contribution in [0.5, 0.6) is 0 Å². The van der Waals surface area contributed by atoms with Crippen molar-refractivity contribution in [3.05, 3.63) is 23.6 Å². The Kier molecular flexibility index (Phi) is 5.31. The number of nitrogens with zero attached hydrogens (tertiary/aromatic N) is 5. The number of halogens is 1. The van der Waals surface area contributed by atoms with E-state index in [1.807, 2.05) is 12.1 Å². The molecule has 9 heteroatoms. The van der Waals surface area contributed by atoms with Gasteiger partial charge in [-0.3, -0.25) is 0 Å². The standard InChI is InChI=1S/C17H22ClN7O/c18-15-22-16(20-12-3-1-2-4-12)24-17(23-15)21-13-5-6-14(19-11-13)25-7-9-26-10-8-25/h5-6,11-12H,1-4,7-10H2,(H2,20,21,22,23,24). The molecule has 2 aromatic rings. The SMILES string of the molecule is Clc1nc(Nc2ccc(N3CCOCC3)nc2)nc(NC2CCCC2)n1. The molecule has 1 saturated carbocycles. The van der Waals surface area contributed by atoms with Crippen LogP contribution in [0.4, 0.5) is 23.4 Å². The Morgan fingerprint density at radius 3 is 2.54 bits per heavy atom. The number of morpholine rings is 1. The molecule has 4 rings (SSSR count). The van der Waals surface area contributed by atoms with Crippen molar-refractivity contribution >= 4 is 35.0 Å². The van der Waals surface area contributed by atoms with Gasteiger partial charge in [0.05, 0.1) is 25.1 Å². The first-order chi connectivity index (χ1) is 12.8. The van der Waals surface area contributed by atoms with Gasteiger partial charge in [0, 0.05) is 19.1 Å². The highest BCUT2D eigenvalue weighted by atomic mass is 35.5. The van der Waals surface area contributed by atoms with E-state index in [9.17, 15) is 0 Å². The molecule has 0 radical (unpaired) electrons. The molecule has 0 atom stereocenters. The van der Waals surface area contributed by atoms with E-state index in [1.165, 1.54) is 12.8 Å². The number of aromatic nitrogens is 4. The first kappa shape index (κ1) is 17.2. The van der Waals surface area contributed by atoms with Gasteiger partial charge < -0.3 is 20.3 Å².